The van der Waals surface area contributed by atoms with Gasteiger partial charge in [-0.15, -0.1) is 0 Å². The van der Waals surface area contributed by atoms with Gasteiger partial charge < -0.3 is 10.2 Å². The van der Waals surface area contributed by atoms with Crippen molar-refractivity contribution in [3.8, 4) is 0 Å². The van der Waals surface area contributed by atoms with Gasteiger partial charge in [-0.3, -0.25) is 14.9 Å². The van der Waals surface area contributed by atoms with Crippen LogP contribution in [0.25, 0.3) is 0 Å². The molecule has 2 N–H and O–H groups in total. The van der Waals surface area contributed by atoms with E-state index >= 15 is 0 Å². The van der Waals surface area contributed by atoms with Crippen molar-refractivity contribution in [2.24, 2.45) is 0 Å². The Hall–Kier alpha value is -2.37. The smallest absolute Gasteiger partial charge is 0.322 e. The molecule has 1 spiro atoms. The van der Waals surface area contributed by atoms with Crippen LogP contribution >= 0.6 is 0 Å². The summed E-state index contributed by atoms with van der Waals surface area (Å²) in [5.74, 6) is -0.303. The maximum atomic E-state index is 12.5. The second-order valence-corrected chi connectivity index (χ2v) is 5.60. The molecule has 3 rings (SSSR count). The Labute approximate surface area is 122 Å². The first-order valence-corrected chi connectivity index (χ1v) is 7.00. The standard InChI is InChI=1S/C15H17N3O3/c1-10-4-2-3-5-11(10)12(19)18-8-6-15(7-9-18)13(20)16-14(21)17-15/h2-5H,6-9H2,1H3,(H2,16,17,20,21). The highest BCUT2D eigenvalue weighted by atomic mass is 16.2. The summed E-state index contributed by atoms with van der Waals surface area (Å²) in [5, 5.41) is 4.96. The summed E-state index contributed by atoms with van der Waals surface area (Å²) in [4.78, 5) is 37.4. The molecule has 0 atom stereocenters. The fraction of sp³-hybridized carbons (Fsp3) is 0.400. The van der Waals surface area contributed by atoms with Crippen LogP contribution in [0.2, 0.25) is 0 Å². The van der Waals surface area contributed by atoms with Gasteiger partial charge >= 0.3 is 6.03 Å². The van der Waals surface area contributed by atoms with Crippen molar-refractivity contribution in [3.63, 3.8) is 0 Å². The molecule has 0 bridgehead atoms. The van der Waals surface area contributed by atoms with Gasteiger partial charge in [-0.25, -0.2) is 4.79 Å². The number of imide groups is 1. The topological polar surface area (TPSA) is 78.5 Å². The summed E-state index contributed by atoms with van der Waals surface area (Å²) in [6.07, 6.45) is 0.893. The lowest BCUT2D eigenvalue weighted by molar-refractivity contribution is -0.125. The van der Waals surface area contributed by atoms with Gasteiger partial charge in [0.1, 0.15) is 5.54 Å². The Balaban J connectivity index is 1.72. The highest BCUT2D eigenvalue weighted by Gasteiger charge is 2.48. The molecule has 0 saturated carbocycles. The van der Waals surface area contributed by atoms with Gasteiger partial charge in [0.15, 0.2) is 0 Å². The van der Waals surface area contributed by atoms with Crippen molar-refractivity contribution in [2.45, 2.75) is 25.3 Å². The number of aryl methyl sites for hydroxylation is 1. The maximum Gasteiger partial charge on any atom is 0.322 e. The first-order valence-electron chi connectivity index (χ1n) is 7.00. The number of carbonyl (C=O) groups is 3. The molecule has 4 amide bonds. The van der Waals surface area contributed by atoms with E-state index in [9.17, 15) is 14.4 Å². The summed E-state index contributed by atoms with van der Waals surface area (Å²) in [7, 11) is 0. The summed E-state index contributed by atoms with van der Waals surface area (Å²) in [6, 6.07) is 7.01. The monoisotopic (exact) mass is 287 g/mol. The predicted molar refractivity (Wildman–Crippen MR) is 75.7 cm³/mol. The molecule has 2 fully saturated rings. The van der Waals surface area contributed by atoms with Gasteiger partial charge in [-0.05, 0) is 31.4 Å². The highest BCUT2D eigenvalue weighted by molar-refractivity contribution is 6.07. The number of nitrogens with zero attached hydrogens (tertiary/aromatic N) is 1. The van der Waals surface area contributed by atoms with Crippen LogP contribution in [-0.4, -0.2) is 41.4 Å². The van der Waals surface area contributed by atoms with E-state index < -0.39 is 11.6 Å². The van der Waals surface area contributed by atoms with Crippen LogP contribution < -0.4 is 10.6 Å². The van der Waals surface area contributed by atoms with E-state index in [1.165, 1.54) is 0 Å². The predicted octanol–water partition coefficient (Wildman–Crippen LogP) is 0.809. The van der Waals surface area contributed by atoms with E-state index in [-0.39, 0.29) is 11.8 Å². The minimum absolute atomic E-state index is 0.0207. The van der Waals surface area contributed by atoms with E-state index in [1.807, 2.05) is 31.2 Å². The molecule has 2 aliphatic heterocycles. The molecule has 0 radical (unpaired) electrons. The van der Waals surface area contributed by atoms with E-state index in [0.717, 1.165) is 5.56 Å². The second kappa shape index (κ2) is 4.87. The van der Waals surface area contributed by atoms with Gasteiger partial charge in [0.2, 0.25) is 0 Å². The zero-order valence-electron chi connectivity index (χ0n) is 11.8. The molecule has 21 heavy (non-hydrogen) atoms. The molecule has 6 heteroatoms. The number of carbonyl (C=O) groups excluding carboxylic acids is 3. The number of urea groups is 1. The summed E-state index contributed by atoms with van der Waals surface area (Å²) in [5.41, 5.74) is 0.794. The number of benzene rings is 1. The normalized spacial score (nSPS) is 20.3. The first-order chi connectivity index (χ1) is 10.0. The minimum Gasteiger partial charge on any atom is -0.338 e. The van der Waals surface area contributed by atoms with Crippen molar-refractivity contribution < 1.29 is 14.4 Å². The second-order valence-electron chi connectivity index (χ2n) is 5.60. The van der Waals surface area contributed by atoms with Crippen molar-refractivity contribution in [2.75, 3.05) is 13.1 Å². The summed E-state index contributed by atoms with van der Waals surface area (Å²) < 4.78 is 0. The lowest BCUT2D eigenvalue weighted by Gasteiger charge is -2.37. The van der Waals surface area contributed by atoms with Gasteiger partial charge in [0.05, 0.1) is 0 Å². The van der Waals surface area contributed by atoms with Gasteiger partial charge in [-0.1, -0.05) is 18.2 Å². The molecular weight excluding hydrogens is 270 g/mol. The zero-order valence-corrected chi connectivity index (χ0v) is 11.8. The first kappa shape index (κ1) is 13.6. The molecule has 2 aliphatic rings. The Morgan fingerprint density at radius 2 is 1.86 bits per heavy atom. The minimum atomic E-state index is -0.834. The average Bonchev–Trinajstić information content (AvgIpc) is 2.74. The number of piperidine rings is 1. The van der Waals surface area contributed by atoms with Crippen LogP contribution in [0.15, 0.2) is 24.3 Å². The summed E-state index contributed by atoms with van der Waals surface area (Å²) in [6.45, 7) is 2.82. The zero-order chi connectivity index (χ0) is 15.0. The van der Waals surface area contributed by atoms with Crippen LogP contribution in [0.5, 0.6) is 0 Å². The van der Waals surface area contributed by atoms with Crippen LogP contribution in [0.4, 0.5) is 4.79 Å². The van der Waals surface area contributed by atoms with Crippen LogP contribution in [0, 0.1) is 6.92 Å². The SMILES string of the molecule is Cc1ccccc1C(=O)N1CCC2(CC1)NC(=O)NC2=O. The Morgan fingerprint density at radius 3 is 2.43 bits per heavy atom. The highest BCUT2D eigenvalue weighted by Crippen LogP contribution is 2.26. The van der Waals surface area contributed by atoms with Gasteiger partial charge in [0, 0.05) is 18.7 Å². The third-order valence-electron chi connectivity index (χ3n) is 4.29. The van der Waals surface area contributed by atoms with Crippen molar-refractivity contribution in [1.82, 2.24) is 15.5 Å². The Bertz CT molecular complexity index is 618. The summed E-state index contributed by atoms with van der Waals surface area (Å²) >= 11 is 0. The molecule has 1 aromatic carbocycles. The largest absolute Gasteiger partial charge is 0.338 e. The molecule has 2 saturated heterocycles. The molecule has 1 aromatic rings. The van der Waals surface area contributed by atoms with E-state index in [1.54, 1.807) is 4.90 Å². The maximum absolute atomic E-state index is 12.5. The van der Waals surface area contributed by atoms with E-state index in [0.29, 0.717) is 31.5 Å². The molecule has 0 aliphatic carbocycles. The fourth-order valence-electron chi connectivity index (χ4n) is 2.95. The van der Waals surface area contributed by atoms with Gasteiger partial charge in [-0.2, -0.15) is 0 Å². The average molecular weight is 287 g/mol. The Morgan fingerprint density at radius 1 is 1.19 bits per heavy atom. The number of nitrogens with one attached hydrogen (secondary N) is 2. The number of likely N-dealkylation sites (tertiary alicyclic amines) is 1. The van der Waals surface area contributed by atoms with Gasteiger partial charge in [0.25, 0.3) is 11.8 Å². The molecule has 0 aromatic heterocycles. The molecular formula is C15H17N3O3. The number of rotatable bonds is 1. The molecule has 6 nitrogen and oxygen atoms in total. The Kier molecular flexibility index (Phi) is 3.16. The van der Waals surface area contributed by atoms with E-state index in [2.05, 4.69) is 10.6 Å². The third kappa shape index (κ3) is 2.26. The lowest BCUT2D eigenvalue weighted by Crippen LogP contribution is -2.55. The van der Waals surface area contributed by atoms with Crippen molar-refractivity contribution in [3.05, 3.63) is 35.4 Å². The number of amides is 4. The van der Waals surface area contributed by atoms with Crippen LogP contribution in [0.1, 0.15) is 28.8 Å². The fourth-order valence-corrected chi connectivity index (χ4v) is 2.95. The van der Waals surface area contributed by atoms with Crippen molar-refractivity contribution >= 4 is 17.8 Å². The van der Waals surface area contributed by atoms with E-state index in [4.69, 9.17) is 0 Å². The molecule has 0 unspecified atom stereocenters. The number of hydrogen-bond donors (Lipinski definition) is 2. The molecule has 110 valence electrons. The third-order valence-corrected chi connectivity index (χ3v) is 4.29. The quantitative estimate of drug-likeness (QED) is 0.750. The lowest BCUT2D eigenvalue weighted by atomic mass is 9.87. The molecule has 2 heterocycles. The number of hydrogen-bond acceptors (Lipinski definition) is 3. The van der Waals surface area contributed by atoms with Crippen LogP contribution in [-0.2, 0) is 4.79 Å². The van der Waals surface area contributed by atoms with Crippen LogP contribution in [0.3, 0.4) is 0 Å². The van der Waals surface area contributed by atoms with Crippen molar-refractivity contribution in [1.29, 1.82) is 0 Å².